The van der Waals surface area contributed by atoms with Gasteiger partial charge in [0.2, 0.25) is 0 Å². The molecule has 19 heavy (non-hydrogen) atoms. The van der Waals surface area contributed by atoms with Gasteiger partial charge in [0.15, 0.2) is 17.3 Å². The van der Waals surface area contributed by atoms with Crippen LogP contribution in [0.2, 0.25) is 0 Å². The van der Waals surface area contributed by atoms with E-state index in [1.807, 2.05) is 0 Å². The second-order valence-electron chi connectivity index (χ2n) is 6.11. The van der Waals surface area contributed by atoms with Gasteiger partial charge in [0, 0.05) is 19.3 Å². The number of hydrogen-bond donors (Lipinski definition) is 0. The quantitative estimate of drug-likeness (QED) is 0.581. The van der Waals surface area contributed by atoms with Gasteiger partial charge in [0.25, 0.3) is 0 Å². The van der Waals surface area contributed by atoms with E-state index in [1.54, 1.807) is 6.92 Å². The van der Waals surface area contributed by atoms with Gasteiger partial charge < -0.3 is 0 Å². The average Bonchev–Trinajstić information content (AvgIpc) is 2.66. The Bertz CT molecular complexity index is 346. The molecule has 0 aromatic rings. The number of hydrogen-bond acceptors (Lipinski definition) is 3. The van der Waals surface area contributed by atoms with Gasteiger partial charge in [-0.1, -0.05) is 45.4 Å². The van der Waals surface area contributed by atoms with Crippen molar-refractivity contribution in [2.24, 2.45) is 17.8 Å². The first-order valence-corrected chi connectivity index (χ1v) is 7.71. The van der Waals surface area contributed by atoms with Crippen molar-refractivity contribution in [1.82, 2.24) is 0 Å². The van der Waals surface area contributed by atoms with Crippen LogP contribution < -0.4 is 0 Å². The molecule has 0 N–H and O–H groups in total. The van der Waals surface area contributed by atoms with Crippen molar-refractivity contribution in [2.75, 3.05) is 0 Å². The molecule has 3 nitrogen and oxygen atoms in total. The molecule has 0 aromatic heterocycles. The Kier molecular flexibility index (Phi) is 4.89. The Morgan fingerprint density at radius 2 is 1.47 bits per heavy atom. The summed E-state index contributed by atoms with van der Waals surface area (Å²) in [6, 6.07) is 0. The van der Waals surface area contributed by atoms with Crippen LogP contribution in [0.5, 0.6) is 0 Å². The first kappa shape index (κ1) is 14.4. The second kappa shape index (κ2) is 6.44. The lowest BCUT2D eigenvalue weighted by Gasteiger charge is -2.31. The number of carbonyl (C=O) groups excluding carboxylic acids is 3. The van der Waals surface area contributed by atoms with Gasteiger partial charge in [-0.25, -0.2) is 0 Å². The molecule has 106 valence electrons. The molecule has 3 heteroatoms. The molecule has 2 aliphatic carbocycles. The number of Topliss-reactive ketones (excluding diaryl/α,β-unsaturated/α-hetero) is 3. The van der Waals surface area contributed by atoms with E-state index in [9.17, 15) is 14.4 Å². The van der Waals surface area contributed by atoms with Gasteiger partial charge in [0.1, 0.15) is 5.92 Å². The number of carbonyl (C=O) groups is 3. The van der Waals surface area contributed by atoms with Crippen LogP contribution in [-0.4, -0.2) is 17.3 Å². The van der Waals surface area contributed by atoms with Crippen LogP contribution in [0, 0.1) is 17.8 Å². The molecular formula is C16H24O3. The molecule has 2 rings (SSSR count). The lowest BCUT2D eigenvalue weighted by atomic mass is 9.71. The van der Waals surface area contributed by atoms with Crippen molar-refractivity contribution in [3.05, 3.63) is 0 Å². The van der Waals surface area contributed by atoms with Crippen LogP contribution >= 0.6 is 0 Å². The van der Waals surface area contributed by atoms with Crippen molar-refractivity contribution in [2.45, 2.75) is 64.7 Å². The predicted molar refractivity (Wildman–Crippen MR) is 72.7 cm³/mol. The maximum Gasteiger partial charge on any atom is 0.151 e. The summed E-state index contributed by atoms with van der Waals surface area (Å²) in [6.45, 7) is 1.72. The molecule has 2 aliphatic rings. The third-order valence-corrected chi connectivity index (χ3v) is 4.81. The van der Waals surface area contributed by atoms with Gasteiger partial charge >= 0.3 is 0 Å². The molecule has 0 atom stereocenters. The van der Waals surface area contributed by atoms with Crippen LogP contribution in [0.1, 0.15) is 64.7 Å². The molecule has 0 unspecified atom stereocenters. The molecule has 0 bridgehead atoms. The highest BCUT2D eigenvalue weighted by Gasteiger charge is 2.41. The summed E-state index contributed by atoms with van der Waals surface area (Å²) >= 11 is 0. The largest absolute Gasteiger partial charge is 0.298 e. The minimum Gasteiger partial charge on any atom is -0.298 e. The van der Waals surface area contributed by atoms with E-state index < -0.39 is 5.92 Å². The molecule has 0 aliphatic heterocycles. The van der Waals surface area contributed by atoms with Crippen molar-refractivity contribution in [3.63, 3.8) is 0 Å². The Morgan fingerprint density at radius 1 is 0.947 bits per heavy atom. The molecular weight excluding hydrogens is 240 g/mol. The summed E-state index contributed by atoms with van der Waals surface area (Å²) in [7, 11) is 0. The van der Waals surface area contributed by atoms with Crippen LogP contribution in [0.4, 0.5) is 0 Å². The molecule has 0 heterocycles. The zero-order chi connectivity index (χ0) is 13.8. The lowest BCUT2D eigenvalue weighted by molar-refractivity contribution is -0.144. The van der Waals surface area contributed by atoms with Crippen molar-refractivity contribution < 1.29 is 14.4 Å². The zero-order valence-electron chi connectivity index (χ0n) is 11.8. The third-order valence-electron chi connectivity index (χ3n) is 4.81. The fraction of sp³-hybridized carbons (Fsp3) is 0.812. The number of rotatable bonds is 3. The Balaban J connectivity index is 2.02. The molecule has 2 saturated carbocycles. The fourth-order valence-electron chi connectivity index (χ4n) is 3.68. The van der Waals surface area contributed by atoms with Crippen LogP contribution in [0.3, 0.4) is 0 Å². The average molecular weight is 264 g/mol. The fourth-order valence-corrected chi connectivity index (χ4v) is 3.68. The molecule has 0 saturated heterocycles. The van der Waals surface area contributed by atoms with Crippen molar-refractivity contribution in [1.29, 1.82) is 0 Å². The summed E-state index contributed by atoms with van der Waals surface area (Å²) < 4.78 is 0. The topological polar surface area (TPSA) is 51.2 Å². The van der Waals surface area contributed by atoms with Crippen LogP contribution in [0.25, 0.3) is 0 Å². The Morgan fingerprint density at radius 3 is 1.95 bits per heavy atom. The summed E-state index contributed by atoms with van der Waals surface area (Å²) in [5, 5.41) is 0. The summed E-state index contributed by atoms with van der Waals surface area (Å²) in [6.07, 6.45) is 8.50. The Labute approximate surface area is 115 Å². The highest BCUT2D eigenvalue weighted by molar-refractivity contribution is 6.20. The monoisotopic (exact) mass is 264 g/mol. The molecule has 2 fully saturated rings. The van der Waals surface area contributed by atoms with Crippen molar-refractivity contribution >= 4 is 17.3 Å². The molecule has 0 radical (unpaired) electrons. The molecule has 0 amide bonds. The van der Waals surface area contributed by atoms with Crippen LogP contribution in [-0.2, 0) is 14.4 Å². The summed E-state index contributed by atoms with van der Waals surface area (Å²) in [4.78, 5) is 35.9. The van der Waals surface area contributed by atoms with E-state index in [-0.39, 0.29) is 29.7 Å². The SMILES string of the molecule is CCC(=O)C1C(=O)CC(C2CCCCCC2)CC1=O. The first-order valence-electron chi connectivity index (χ1n) is 7.71. The zero-order valence-corrected chi connectivity index (χ0v) is 11.8. The minimum absolute atomic E-state index is 0.114. The first-order chi connectivity index (χ1) is 9.13. The van der Waals surface area contributed by atoms with Gasteiger partial charge in [-0.05, 0) is 11.8 Å². The van der Waals surface area contributed by atoms with Crippen LogP contribution in [0.15, 0.2) is 0 Å². The normalized spacial score (nSPS) is 30.2. The summed E-state index contributed by atoms with van der Waals surface area (Å²) in [5.74, 6) is -0.608. The lowest BCUT2D eigenvalue weighted by Crippen LogP contribution is -2.40. The van der Waals surface area contributed by atoms with E-state index >= 15 is 0 Å². The van der Waals surface area contributed by atoms with E-state index in [0.717, 1.165) is 12.8 Å². The van der Waals surface area contributed by atoms with Gasteiger partial charge in [-0.3, -0.25) is 14.4 Å². The number of ketones is 3. The van der Waals surface area contributed by atoms with Gasteiger partial charge in [-0.2, -0.15) is 0 Å². The standard InChI is InChI=1S/C16H24O3/c1-2-13(17)16-14(18)9-12(10-15(16)19)11-7-5-3-4-6-8-11/h11-12,16H,2-10H2,1H3. The smallest absolute Gasteiger partial charge is 0.151 e. The van der Waals surface area contributed by atoms with E-state index in [0.29, 0.717) is 18.8 Å². The maximum absolute atomic E-state index is 12.1. The van der Waals surface area contributed by atoms with E-state index in [1.165, 1.54) is 25.7 Å². The highest BCUT2D eigenvalue weighted by atomic mass is 16.2. The summed E-state index contributed by atoms with van der Waals surface area (Å²) in [5.41, 5.74) is 0. The molecule has 0 spiro atoms. The third kappa shape index (κ3) is 3.31. The van der Waals surface area contributed by atoms with E-state index in [2.05, 4.69) is 0 Å². The van der Waals surface area contributed by atoms with Gasteiger partial charge in [0.05, 0.1) is 0 Å². The predicted octanol–water partition coefficient (Wildman–Crippen LogP) is 3.10. The molecule has 0 aromatic carbocycles. The highest BCUT2D eigenvalue weighted by Crippen LogP contribution is 2.37. The second-order valence-corrected chi connectivity index (χ2v) is 6.11. The van der Waals surface area contributed by atoms with Gasteiger partial charge in [-0.15, -0.1) is 0 Å². The van der Waals surface area contributed by atoms with Crippen molar-refractivity contribution in [3.8, 4) is 0 Å². The minimum atomic E-state index is -0.924. The van der Waals surface area contributed by atoms with E-state index in [4.69, 9.17) is 0 Å². The maximum atomic E-state index is 12.1. The Hall–Kier alpha value is -0.990.